The minimum atomic E-state index is -1.58. The number of rotatable bonds is 3. The van der Waals surface area contributed by atoms with Crippen LogP contribution in [-0.4, -0.2) is 8.07 Å². The molecule has 0 bridgehead atoms. The molecule has 0 amide bonds. The first-order valence-electron chi connectivity index (χ1n) is 4.83. The van der Waals surface area contributed by atoms with Crippen LogP contribution in [0.15, 0.2) is 0 Å². The van der Waals surface area contributed by atoms with Gasteiger partial charge in [-0.3, -0.25) is 0 Å². The predicted molar refractivity (Wildman–Crippen MR) is 58.2 cm³/mol. The van der Waals surface area contributed by atoms with E-state index in [2.05, 4.69) is 47.1 Å². The minimum Gasteiger partial charge on any atom is -0.701 e. The fraction of sp³-hybridized carbons (Fsp3) is 0.818. The Bertz CT molecular complexity index is 155. The second-order valence-corrected chi connectivity index (χ2v) is 10.1. The summed E-state index contributed by atoms with van der Waals surface area (Å²) in [7, 11) is -1.58. The summed E-state index contributed by atoms with van der Waals surface area (Å²) in [6.07, 6.45) is 7.51. The molecule has 0 radical (unpaired) electrons. The van der Waals surface area contributed by atoms with E-state index in [9.17, 15) is 0 Å². The van der Waals surface area contributed by atoms with Crippen molar-refractivity contribution in [1.29, 1.82) is 0 Å². The molecule has 0 atom stereocenters. The van der Waals surface area contributed by atoms with E-state index in [0.29, 0.717) is 16.6 Å². The Morgan fingerprint density at radius 1 is 0.846 bits per heavy atom. The molecule has 70 valence electrons. The largest absolute Gasteiger partial charge is 1.00 e. The molecule has 0 saturated carbocycles. The van der Waals surface area contributed by atoms with Crippen molar-refractivity contribution in [2.75, 3.05) is 0 Å². The zero-order valence-electron chi connectivity index (χ0n) is 10.2. The zero-order valence-corrected chi connectivity index (χ0v) is 11.2. The Morgan fingerprint density at radius 2 is 1.08 bits per heavy atom. The summed E-state index contributed by atoms with van der Waals surface area (Å²) in [5, 5.41) is 0. The second-order valence-electron chi connectivity index (χ2n) is 4.52. The molecule has 0 aromatic rings. The van der Waals surface area contributed by atoms with Gasteiger partial charge in [0.05, 0.1) is 8.07 Å². The maximum Gasteiger partial charge on any atom is 1.00 e. The summed E-state index contributed by atoms with van der Waals surface area (Å²) in [5.41, 5.74) is 4.81. The molecule has 0 fully saturated rings. The van der Waals surface area contributed by atoms with E-state index in [4.69, 9.17) is 6.42 Å². The molecule has 0 aromatic carbocycles. The van der Waals surface area contributed by atoms with Gasteiger partial charge in [-0.25, -0.2) is 0 Å². The van der Waals surface area contributed by atoms with Gasteiger partial charge in [0.25, 0.3) is 0 Å². The van der Waals surface area contributed by atoms with E-state index in [1.807, 2.05) is 0 Å². The van der Waals surface area contributed by atoms with Gasteiger partial charge in [-0.15, -0.1) is 0 Å². The molecule has 2 heteroatoms. The normalized spacial score (nSPS) is 11.7. The number of hydrogen-bond acceptors (Lipinski definition) is 0. The molecule has 0 spiro atoms. The Hall–Kier alpha value is 0.374. The standard InChI is InChI=1S/C11H21Si.Li/c1-8-12(9(2)3,10(4)5)11(6)7;/h9-11H,2-7H3;/q-1;+1. The van der Waals surface area contributed by atoms with Crippen LogP contribution in [0.25, 0.3) is 0 Å². The maximum absolute atomic E-state index is 7.51. The first-order valence-corrected chi connectivity index (χ1v) is 7.06. The number of hydrogen-bond donors (Lipinski definition) is 0. The van der Waals surface area contributed by atoms with Crippen LogP contribution in [0.5, 0.6) is 0 Å². The molecular formula is C11H21LiSi. The van der Waals surface area contributed by atoms with Crippen LogP contribution in [0.2, 0.25) is 16.6 Å². The minimum absolute atomic E-state index is 0. The Balaban J connectivity index is 0. The van der Waals surface area contributed by atoms with Crippen molar-refractivity contribution in [3.05, 3.63) is 6.42 Å². The van der Waals surface area contributed by atoms with E-state index in [0.717, 1.165) is 0 Å². The summed E-state index contributed by atoms with van der Waals surface area (Å²) >= 11 is 0. The first-order chi connectivity index (χ1) is 5.39. The van der Waals surface area contributed by atoms with E-state index >= 15 is 0 Å². The molecule has 0 aliphatic carbocycles. The summed E-state index contributed by atoms with van der Waals surface area (Å²) < 4.78 is 0. The average molecular weight is 188 g/mol. The molecule has 0 aliphatic heterocycles. The van der Waals surface area contributed by atoms with Gasteiger partial charge in [-0.1, -0.05) is 41.5 Å². The van der Waals surface area contributed by atoms with E-state index < -0.39 is 8.07 Å². The fourth-order valence-electron chi connectivity index (χ4n) is 2.43. The van der Waals surface area contributed by atoms with Crippen molar-refractivity contribution in [2.45, 2.75) is 58.2 Å². The monoisotopic (exact) mass is 188 g/mol. The van der Waals surface area contributed by atoms with Crippen LogP contribution >= 0.6 is 0 Å². The molecule has 0 heterocycles. The summed E-state index contributed by atoms with van der Waals surface area (Å²) in [6, 6.07) is 0. The van der Waals surface area contributed by atoms with Gasteiger partial charge >= 0.3 is 18.9 Å². The molecule has 0 nitrogen and oxygen atoms in total. The van der Waals surface area contributed by atoms with Crippen molar-refractivity contribution in [2.24, 2.45) is 0 Å². The molecule has 0 N–H and O–H groups in total. The molecule has 0 aromatic heterocycles. The third kappa shape index (κ3) is 2.92. The van der Waals surface area contributed by atoms with Crippen molar-refractivity contribution < 1.29 is 18.9 Å². The van der Waals surface area contributed by atoms with Crippen LogP contribution in [0.4, 0.5) is 0 Å². The molecule has 13 heavy (non-hydrogen) atoms. The van der Waals surface area contributed by atoms with Crippen molar-refractivity contribution in [1.82, 2.24) is 0 Å². The van der Waals surface area contributed by atoms with E-state index in [-0.39, 0.29) is 18.9 Å². The van der Waals surface area contributed by atoms with Crippen molar-refractivity contribution in [3.8, 4) is 5.54 Å². The van der Waals surface area contributed by atoms with Gasteiger partial charge in [0, 0.05) is 0 Å². The summed E-state index contributed by atoms with van der Waals surface area (Å²) in [6.45, 7) is 13.5. The molecule has 0 rings (SSSR count). The Labute approximate surface area is 97.1 Å². The first kappa shape index (κ1) is 15.8. The van der Waals surface area contributed by atoms with Gasteiger partial charge in [0.1, 0.15) is 0 Å². The Morgan fingerprint density at radius 3 is 1.08 bits per heavy atom. The zero-order chi connectivity index (χ0) is 9.94. The Kier molecular flexibility index (Phi) is 7.27. The van der Waals surface area contributed by atoms with Crippen LogP contribution in [0.1, 0.15) is 41.5 Å². The molecule has 0 aliphatic rings. The maximum atomic E-state index is 7.51. The van der Waals surface area contributed by atoms with Gasteiger partial charge in [0.15, 0.2) is 0 Å². The molecule has 0 saturated heterocycles. The van der Waals surface area contributed by atoms with Crippen LogP contribution in [-0.2, 0) is 0 Å². The van der Waals surface area contributed by atoms with Gasteiger partial charge in [-0.2, -0.15) is 0 Å². The third-order valence-electron chi connectivity index (χ3n) is 3.08. The second kappa shape index (κ2) is 5.97. The van der Waals surface area contributed by atoms with Crippen LogP contribution in [0, 0.1) is 12.0 Å². The smallest absolute Gasteiger partial charge is 0.701 e. The van der Waals surface area contributed by atoms with E-state index in [1.54, 1.807) is 0 Å². The summed E-state index contributed by atoms with van der Waals surface area (Å²) in [4.78, 5) is 0. The third-order valence-corrected chi connectivity index (χ3v) is 9.25. The van der Waals surface area contributed by atoms with Crippen LogP contribution in [0.3, 0.4) is 0 Å². The molecular weight excluding hydrogens is 167 g/mol. The average Bonchev–Trinajstić information content (AvgIpc) is 1.86. The SMILES string of the molecule is [C-]#C[Si](C(C)C)(C(C)C)C(C)C.[Li+]. The predicted octanol–water partition coefficient (Wildman–Crippen LogP) is 0.798. The van der Waals surface area contributed by atoms with Gasteiger partial charge < -0.3 is 12.0 Å². The van der Waals surface area contributed by atoms with E-state index in [1.165, 1.54) is 0 Å². The van der Waals surface area contributed by atoms with Gasteiger partial charge in [-0.05, 0) is 16.6 Å². The summed E-state index contributed by atoms with van der Waals surface area (Å²) in [5.74, 6) is 0. The fourth-order valence-corrected chi connectivity index (χ4v) is 7.30. The quantitative estimate of drug-likeness (QED) is 0.349. The van der Waals surface area contributed by atoms with Crippen LogP contribution < -0.4 is 18.9 Å². The topological polar surface area (TPSA) is 0 Å². The van der Waals surface area contributed by atoms with Crippen molar-refractivity contribution >= 4 is 8.07 Å². The molecule has 0 unspecified atom stereocenters. The van der Waals surface area contributed by atoms with Crippen molar-refractivity contribution in [3.63, 3.8) is 0 Å². The van der Waals surface area contributed by atoms with Gasteiger partial charge in [0.2, 0.25) is 0 Å².